The van der Waals surface area contributed by atoms with Crippen LogP contribution in [0.5, 0.6) is 0 Å². The highest BCUT2D eigenvalue weighted by Crippen LogP contribution is 2.39. The van der Waals surface area contributed by atoms with Gasteiger partial charge in [-0.1, -0.05) is 134 Å². The first-order valence-corrected chi connectivity index (χ1v) is 17.5. The first-order chi connectivity index (χ1) is 24.7. The van der Waals surface area contributed by atoms with Crippen molar-refractivity contribution in [2.24, 2.45) is 0 Å². The number of allylic oxidation sites excluding steroid dienone is 7. The van der Waals surface area contributed by atoms with Gasteiger partial charge in [-0.05, 0) is 103 Å². The topological polar surface area (TPSA) is 8.17 Å². The highest BCUT2D eigenvalue weighted by Gasteiger charge is 2.18. The number of anilines is 2. The van der Waals surface area contributed by atoms with E-state index in [1.807, 2.05) is 0 Å². The van der Waals surface area contributed by atoms with Crippen LogP contribution in [0.15, 0.2) is 194 Å². The predicted molar refractivity (Wildman–Crippen MR) is 214 cm³/mol. The van der Waals surface area contributed by atoms with Crippen LogP contribution < -0.4 is 4.90 Å². The second kappa shape index (κ2) is 13.8. The Hall–Kier alpha value is -6.12. The minimum absolute atomic E-state index is 0.444. The van der Waals surface area contributed by atoms with E-state index >= 15 is 0 Å². The van der Waals surface area contributed by atoms with Crippen LogP contribution in [-0.4, -0.2) is 4.57 Å². The zero-order chi connectivity index (χ0) is 33.9. The van der Waals surface area contributed by atoms with E-state index in [0.717, 1.165) is 29.2 Å². The predicted octanol–water partition coefficient (Wildman–Crippen LogP) is 13.2. The average Bonchev–Trinajstić information content (AvgIpc) is 3.52. The van der Waals surface area contributed by atoms with Gasteiger partial charge in [-0.3, -0.25) is 0 Å². The smallest absolute Gasteiger partial charge is 0.0561 e. The largest absolute Gasteiger partial charge is 0.311 e. The van der Waals surface area contributed by atoms with Gasteiger partial charge in [0.1, 0.15) is 0 Å². The lowest BCUT2D eigenvalue weighted by Gasteiger charge is -2.26. The molecular weight excluding hydrogens is 605 g/mol. The number of para-hydroxylation sites is 2. The van der Waals surface area contributed by atoms with Crippen molar-refractivity contribution in [2.75, 3.05) is 4.90 Å². The van der Waals surface area contributed by atoms with Gasteiger partial charge in [0.05, 0.1) is 11.0 Å². The van der Waals surface area contributed by atoms with E-state index in [4.69, 9.17) is 0 Å². The molecule has 50 heavy (non-hydrogen) atoms. The summed E-state index contributed by atoms with van der Waals surface area (Å²) >= 11 is 0. The standard InChI is InChI=1S/C48H40N2/c1-3-14-41(4-2)49(42-17-10-6-11-18-42)44-30-31-45-46-33-40(29-32-47(46)50(48(45)34-44)43-19-12-7-13-20-43)39-27-25-38(26-28-39)37-23-21-36(22-24-37)35-15-8-5-9-16-35/h3-21,23-34,36H,22H2,1-2H3/b14-3-,41-4+. The fraction of sp³-hybridized carbons (Fsp3) is 0.0833. The molecule has 0 bridgehead atoms. The lowest BCUT2D eigenvalue weighted by Crippen LogP contribution is -2.15. The molecule has 2 nitrogen and oxygen atoms in total. The Balaban J connectivity index is 1.19. The van der Waals surface area contributed by atoms with Crippen LogP contribution in [0, 0.1) is 0 Å². The third-order valence-electron chi connectivity index (χ3n) is 9.81. The summed E-state index contributed by atoms with van der Waals surface area (Å²) in [6.07, 6.45) is 14.5. The number of hydrogen-bond acceptors (Lipinski definition) is 1. The molecule has 0 aliphatic heterocycles. The van der Waals surface area contributed by atoms with Crippen molar-refractivity contribution < 1.29 is 0 Å². The number of nitrogens with zero attached hydrogens (tertiary/aromatic N) is 2. The Morgan fingerprint density at radius 3 is 1.98 bits per heavy atom. The molecule has 0 N–H and O–H groups in total. The van der Waals surface area contributed by atoms with Crippen LogP contribution in [0.1, 0.15) is 37.3 Å². The van der Waals surface area contributed by atoms with Gasteiger partial charge in [0.25, 0.3) is 0 Å². The lowest BCUT2D eigenvalue weighted by molar-refractivity contribution is 0.856. The highest BCUT2D eigenvalue weighted by atomic mass is 15.1. The molecule has 1 aromatic heterocycles. The zero-order valence-electron chi connectivity index (χ0n) is 28.6. The highest BCUT2D eigenvalue weighted by molar-refractivity contribution is 6.11. The fourth-order valence-corrected chi connectivity index (χ4v) is 7.32. The van der Waals surface area contributed by atoms with Gasteiger partial charge in [-0.25, -0.2) is 0 Å². The van der Waals surface area contributed by atoms with E-state index in [-0.39, 0.29) is 0 Å². The van der Waals surface area contributed by atoms with Gasteiger partial charge >= 0.3 is 0 Å². The first-order valence-electron chi connectivity index (χ1n) is 17.5. The van der Waals surface area contributed by atoms with E-state index in [1.54, 1.807) is 0 Å². The molecule has 0 amide bonds. The number of aromatic nitrogens is 1. The maximum atomic E-state index is 2.40. The summed E-state index contributed by atoms with van der Waals surface area (Å²) in [4.78, 5) is 2.33. The maximum absolute atomic E-state index is 2.40. The minimum Gasteiger partial charge on any atom is -0.311 e. The van der Waals surface area contributed by atoms with Crippen molar-refractivity contribution >= 4 is 38.8 Å². The molecule has 0 spiro atoms. The van der Waals surface area contributed by atoms with Gasteiger partial charge in [-0.15, -0.1) is 0 Å². The van der Waals surface area contributed by atoms with Crippen LogP contribution in [0.3, 0.4) is 0 Å². The summed E-state index contributed by atoms with van der Waals surface area (Å²) in [6, 6.07) is 55.0. The SMILES string of the molecule is C/C=C\C(=C/C)N(c1ccccc1)c1ccc2c3cc(-c4ccc(C5=CCC(c6ccccc6)C=C5)cc4)ccc3n(-c3ccccc3)c2c1. The molecule has 6 aromatic carbocycles. The molecule has 1 heterocycles. The summed E-state index contributed by atoms with van der Waals surface area (Å²) < 4.78 is 2.40. The molecule has 8 rings (SSSR count). The Labute approximate surface area is 295 Å². The molecule has 1 aliphatic rings. The van der Waals surface area contributed by atoms with Gasteiger partial charge in [0, 0.05) is 39.4 Å². The van der Waals surface area contributed by atoms with E-state index in [0.29, 0.717) is 5.92 Å². The first kappa shape index (κ1) is 31.2. The Kier molecular flexibility index (Phi) is 8.59. The molecular formula is C48H40N2. The third kappa shape index (κ3) is 5.90. The van der Waals surface area contributed by atoms with Gasteiger partial charge in [0.15, 0.2) is 0 Å². The van der Waals surface area contributed by atoms with Crippen LogP contribution >= 0.6 is 0 Å². The zero-order valence-corrected chi connectivity index (χ0v) is 28.6. The van der Waals surface area contributed by atoms with Crippen molar-refractivity contribution in [1.82, 2.24) is 4.57 Å². The molecule has 1 atom stereocenters. The van der Waals surface area contributed by atoms with E-state index in [2.05, 4.69) is 211 Å². The van der Waals surface area contributed by atoms with Crippen molar-refractivity contribution in [3.05, 3.63) is 205 Å². The Morgan fingerprint density at radius 1 is 0.620 bits per heavy atom. The van der Waals surface area contributed by atoms with Crippen LogP contribution in [0.2, 0.25) is 0 Å². The molecule has 242 valence electrons. The Morgan fingerprint density at radius 2 is 1.30 bits per heavy atom. The van der Waals surface area contributed by atoms with Crippen molar-refractivity contribution in [3.8, 4) is 16.8 Å². The number of benzene rings is 6. The summed E-state index contributed by atoms with van der Waals surface area (Å²) in [5.74, 6) is 0.444. The average molecular weight is 645 g/mol. The summed E-state index contributed by atoms with van der Waals surface area (Å²) in [7, 11) is 0. The molecule has 0 fully saturated rings. The molecule has 1 unspecified atom stereocenters. The second-order valence-electron chi connectivity index (χ2n) is 12.8. The van der Waals surface area contributed by atoms with Crippen LogP contribution in [0.4, 0.5) is 11.4 Å². The molecule has 7 aromatic rings. The minimum atomic E-state index is 0.444. The van der Waals surface area contributed by atoms with E-state index in [1.165, 1.54) is 49.6 Å². The van der Waals surface area contributed by atoms with E-state index < -0.39 is 0 Å². The maximum Gasteiger partial charge on any atom is 0.0561 e. The monoisotopic (exact) mass is 644 g/mol. The number of fused-ring (bicyclic) bond motifs is 3. The van der Waals surface area contributed by atoms with Crippen LogP contribution in [-0.2, 0) is 0 Å². The summed E-state index contributed by atoms with van der Waals surface area (Å²) in [5.41, 5.74) is 13.2. The van der Waals surface area contributed by atoms with Crippen molar-refractivity contribution in [1.29, 1.82) is 0 Å². The molecule has 0 radical (unpaired) electrons. The summed E-state index contributed by atoms with van der Waals surface area (Å²) in [6.45, 7) is 4.17. The summed E-state index contributed by atoms with van der Waals surface area (Å²) in [5, 5.41) is 2.48. The molecule has 2 heteroatoms. The number of rotatable bonds is 8. The molecule has 0 saturated heterocycles. The Bertz CT molecular complexity index is 2390. The second-order valence-corrected chi connectivity index (χ2v) is 12.8. The quantitative estimate of drug-likeness (QED) is 0.149. The van der Waals surface area contributed by atoms with Gasteiger partial charge in [0.2, 0.25) is 0 Å². The molecule has 1 aliphatic carbocycles. The lowest BCUT2D eigenvalue weighted by atomic mass is 9.88. The molecule has 0 saturated carbocycles. The third-order valence-corrected chi connectivity index (χ3v) is 9.81. The van der Waals surface area contributed by atoms with E-state index in [9.17, 15) is 0 Å². The number of hydrogen-bond donors (Lipinski definition) is 0. The van der Waals surface area contributed by atoms with Gasteiger partial charge in [-0.2, -0.15) is 0 Å². The van der Waals surface area contributed by atoms with Crippen molar-refractivity contribution in [2.45, 2.75) is 26.2 Å². The van der Waals surface area contributed by atoms with Crippen LogP contribution in [0.25, 0.3) is 44.2 Å². The van der Waals surface area contributed by atoms with Crippen molar-refractivity contribution in [3.63, 3.8) is 0 Å². The van der Waals surface area contributed by atoms with Gasteiger partial charge < -0.3 is 9.47 Å². The fourth-order valence-electron chi connectivity index (χ4n) is 7.32. The normalized spacial score (nSPS) is 14.8.